The van der Waals surface area contributed by atoms with Crippen LogP contribution in [0.2, 0.25) is 0 Å². The fraction of sp³-hybridized carbons (Fsp3) is 0.323. The Morgan fingerprint density at radius 1 is 0.892 bits per heavy atom. The molecule has 2 amide bonds. The van der Waals surface area contributed by atoms with Crippen molar-refractivity contribution in [3.8, 4) is 11.1 Å². The van der Waals surface area contributed by atoms with Crippen LogP contribution in [0.1, 0.15) is 38.3 Å². The molecule has 2 atom stereocenters. The Kier molecular flexibility index (Phi) is 8.07. The number of esters is 1. The van der Waals surface area contributed by atoms with Crippen molar-refractivity contribution in [1.29, 1.82) is 0 Å². The van der Waals surface area contributed by atoms with Crippen molar-refractivity contribution < 1.29 is 23.9 Å². The van der Waals surface area contributed by atoms with E-state index >= 15 is 0 Å². The Balaban J connectivity index is 1.55. The van der Waals surface area contributed by atoms with Gasteiger partial charge in [0, 0.05) is 0 Å². The highest BCUT2D eigenvalue weighted by molar-refractivity contribution is 5.96. The smallest absolute Gasteiger partial charge is 0.416 e. The maximum absolute atomic E-state index is 13.8. The fourth-order valence-electron chi connectivity index (χ4n) is 4.54. The standard InChI is InChI=1S/C31H33NO5/c1-31(2,3)37-28(33)20-26(18-23-14-16-25(17-15-23)24-12-8-5-9-13-24)29(34)32-27(21-36-30(32)35)19-22-10-6-4-7-11-22/h4-17,26-27H,18-21H2,1-3H3/t26-,27+/m1/s1. The highest BCUT2D eigenvalue weighted by Gasteiger charge is 2.41. The number of carbonyl (C=O) groups is 3. The molecule has 0 bridgehead atoms. The molecule has 4 rings (SSSR count). The zero-order chi connectivity index (χ0) is 26.4. The molecule has 1 aliphatic heterocycles. The van der Waals surface area contributed by atoms with Gasteiger partial charge < -0.3 is 9.47 Å². The van der Waals surface area contributed by atoms with Crippen LogP contribution in [-0.2, 0) is 31.9 Å². The first-order valence-electron chi connectivity index (χ1n) is 12.6. The van der Waals surface area contributed by atoms with E-state index in [-0.39, 0.29) is 13.0 Å². The normalized spacial score (nSPS) is 16.2. The zero-order valence-electron chi connectivity index (χ0n) is 21.6. The van der Waals surface area contributed by atoms with Crippen LogP contribution in [0.15, 0.2) is 84.9 Å². The Morgan fingerprint density at radius 3 is 2.11 bits per heavy atom. The van der Waals surface area contributed by atoms with Crippen LogP contribution in [-0.4, -0.2) is 41.1 Å². The van der Waals surface area contributed by atoms with Gasteiger partial charge in [-0.2, -0.15) is 0 Å². The molecule has 0 radical (unpaired) electrons. The summed E-state index contributed by atoms with van der Waals surface area (Å²) in [6.07, 6.45) is -0.00378. The SMILES string of the molecule is CC(C)(C)OC(=O)C[C@@H](Cc1ccc(-c2ccccc2)cc1)C(=O)N1C(=O)OC[C@@H]1Cc1ccccc1. The molecule has 1 fully saturated rings. The van der Waals surface area contributed by atoms with Gasteiger partial charge in [-0.3, -0.25) is 9.59 Å². The molecule has 37 heavy (non-hydrogen) atoms. The van der Waals surface area contributed by atoms with E-state index in [0.717, 1.165) is 22.3 Å². The van der Waals surface area contributed by atoms with Gasteiger partial charge in [0.25, 0.3) is 0 Å². The van der Waals surface area contributed by atoms with E-state index in [9.17, 15) is 14.4 Å². The lowest BCUT2D eigenvalue weighted by Gasteiger charge is -2.26. The monoisotopic (exact) mass is 499 g/mol. The molecule has 1 saturated heterocycles. The summed E-state index contributed by atoms with van der Waals surface area (Å²) in [6, 6.07) is 27.2. The largest absolute Gasteiger partial charge is 0.460 e. The number of nitrogens with zero attached hydrogens (tertiary/aromatic N) is 1. The predicted molar refractivity (Wildman–Crippen MR) is 142 cm³/mol. The molecule has 1 aliphatic rings. The molecule has 0 spiro atoms. The van der Waals surface area contributed by atoms with E-state index < -0.39 is 35.5 Å². The number of ether oxygens (including phenoxy) is 2. The van der Waals surface area contributed by atoms with Crippen molar-refractivity contribution in [2.75, 3.05) is 6.61 Å². The van der Waals surface area contributed by atoms with Crippen molar-refractivity contribution in [1.82, 2.24) is 4.90 Å². The summed E-state index contributed by atoms with van der Waals surface area (Å²) in [6.45, 7) is 5.50. The van der Waals surface area contributed by atoms with Crippen molar-refractivity contribution >= 4 is 18.0 Å². The topological polar surface area (TPSA) is 72.9 Å². The van der Waals surface area contributed by atoms with Crippen molar-refractivity contribution in [2.45, 2.75) is 51.7 Å². The summed E-state index contributed by atoms with van der Waals surface area (Å²) in [5.41, 5.74) is 3.38. The molecule has 192 valence electrons. The van der Waals surface area contributed by atoms with Gasteiger partial charge in [-0.1, -0.05) is 84.9 Å². The molecule has 0 aliphatic carbocycles. The maximum Gasteiger partial charge on any atom is 0.416 e. The van der Waals surface area contributed by atoms with E-state index in [1.54, 1.807) is 20.8 Å². The number of imide groups is 1. The Morgan fingerprint density at radius 2 is 1.49 bits per heavy atom. The van der Waals surface area contributed by atoms with Crippen LogP contribution in [0.25, 0.3) is 11.1 Å². The van der Waals surface area contributed by atoms with Gasteiger partial charge >= 0.3 is 12.1 Å². The van der Waals surface area contributed by atoms with Crippen LogP contribution in [0.4, 0.5) is 4.79 Å². The highest BCUT2D eigenvalue weighted by atomic mass is 16.6. The second-order valence-corrected chi connectivity index (χ2v) is 10.4. The number of rotatable bonds is 8. The molecule has 0 N–H and O–H groups in total. The summed E-state index contributed by atoms with van der Waals surface area (Å²) in [4.78, 5) is 40.4. The van der Waals surface area contributed by atoms with E-state index in [1.807, 2.05) is 84.9 Å². The van der Waals surface area contributed by atoms with Crippen LogP contribution >= 0.6 is 0 Å². The van der Waals surface area contributed by atoms with Crippen LogP contribution < -0.4 is 0 Å². The van der Waals surface area contributed by atoms with E-state index in [4.69, 9.17) is 9.47 Å². The Hall–Kier alpha value is -3.93. The number of amides is 2. The summed E-state index contributed by atoms with van der Waals surface area (Å²) in [5.74, 6) is -1.65. The lowest BCUT2D eigenvalue weighted by atomic mass is 9.92. The molecule has 6 nitrogen and oxygen atoms in total. The molecular formula is C31H33NO5. The van der Waals surface area contributed by atoms with Gasteiger partial charge in [0.2, 0.25) is 5.91 Å². The van der Waals surface area contributed by atoms with Crippen LogP contribution in [0.3, 0.4) is 0 Å². The van der Waals surface area contributed by atoms with Gasteiger partial charge in [0.15, 0.2) is 0 Å². The first kappa shape index (κ1) is 26.1. The second-order valence-electron chi connectivity index (χ2n) is 10.4. The van der Waals surface area contributed by atoms with Crippen LogP contribution in [0.5, 0.6) is 0 Å². The minimum absolute atomic E-state index is 0.127. The van der Waals surface area contributed by atoms with Crippen molar-refractivity contribution in [3.05, 3.63) is 96.1 Å². The fourth-order valence-corrected chi connectivity index (χ4v) is 4.54. The summed E-state index contributed by atoms with van der Waals surface area (Å²) in [5, 5.41) is 0. The molecule has 0 unspecified atom stereocenters. The van der Waals surface area contributed by atoms with E-state index in [1.165, 1.54) is 4.90 Å². The van der Waals surface area contributed by atoms with Gasteiger partial charge in [0.1, 0.15) is 12.2 Å². The van der Waals surface area contributed by atoms with Gasteiger partial charge in [-0.15, -0.1) is 0 Å². The minimum atomic E-state index is -0.763. The number of cyclic esters (lactones) is 1. The molecular weight excluding hydrogens is 466 g/mol. The highest BCUT2D eigenvalue weighted by Crippen LogP contribution is 2.26. The molecule has 1 heterocycles. The number of hydrogen-bond donors (Lipinski definition) is 0. The maximum atomic E-state index is 13.8. The van der Waals surface area contributed by atoms with Gasteiger partial charge in [0.05, 0.1) is 18.4 Å². The minimum Gasteiger partial charge on any atom is -0.460 e. The molecule has 3 aromatic rings. The number of hydrogen-bond acceptors (Lipinski definition) is 5. The third-order valence-corrected chi connectivity index (χ3v) is 6.24. The van der Waals surface area contributed by atoms with Gasteiger partial charge in [-0.05, 0) is 55.9 Å². The second kappa shape index (κ2) is 11.4. The molecule has 0 saturated carbocycles. The average molecular weight is 500 g/mol. The first-order chi connectivity index (χ1) is 17.7. The van der Waals surface area contributed by atoms with E-state index in [0.29, 0.717) is 12.8 Å². The molecule has 0 aromatic heterocycles. The third-order valence-electron chi connectivity index (χ3n) is 6.24. The van der Waals surface area contributed by atoms with Crippen molar-refractivity contribution in [3.63, 3.8) is 0 Å². The predicted octanol–water partition coefficient (Wildman–Crippen LogP) is 5.83. The lowest BCUT2D eigenvalue weighted by Crippen LogP contribution is -2.45. The van der Waals surface area contributed by atoms with Crippen LogP contribution in [0, 0.1) is 5.92 Å². The van der Waals surface area contributed by atoms with Crippen molar-refractivity contribution in [2.24, 2.45) is 5.92 Å². The first-order valence-corrected chi connectivity index (χ1v) is 12.6. The summed E-state index contributed by atoms with van der Waals surface area (Å²) >= 11 is 0. The number of benzene rings is 3. The Bertz CT molecular complexity index is 1220. The Labute approximate surface area is 218 Å². The summed E-state index contributed by atoms with van der Waals surface area (Å²) in [7, 11) is 0. The molecule has 6 heteroatoms. The summed E-state index contributed by atoms with van der Waals surface area (Å²) < 4.78 is 10.8. The van der Waals surface area contributed by atoms with E-state index in [2.05, 4.69) is 0 Å². The molecule has 3 aromatic carbocycles. The lowest BCUT2D eigenvalue weighted by molar-refractivity contribution is -0.158. The third kappa shape index (κ3) is 7.06. The van der Waals surface area contributed by atoms with Gasteiger partial charge in [-0.25, -0.2) is 9.69 Å². The quantitative estimate of drug-likeness (QED) is 0.365. The zero-order valence-corrected chi connectivity index (χ0v) is 21.6. The number of carbonyl (C=O) groups excluding carboxylic acids is 3. The average Bonchev–Trinajstić information content (AvgIpc) is 3.23.